The molecule has 0 aliphatic carbocycles. The number of benzene rings is 1. The number of hydrogen-bond acceptors (Lipinski definition) is 6. The Labute approximate surface area is 179 Å². The minimum atomic E-state index is -3.76. The van der Waals surface area contributed by atoms with E-state index < -0.39 is 16.1 Å². The zero-order valence-corrected chi connectivity index (χ0v) is 18.1. The van der Waals surface area contributed by atoms with E-state index in [1.807, 2.05) is 30.5 Å². The molecule has 156 valence electrons. The summed E-state index contributed by atoms with van der Waals surface area (Å²) in [4.78, 5) is 21.9. The predicted octanol–water partition coefficient (Wildman–Crippen LogP) is 3.70. The third kappa shape index (κ3) is 4.28. The number of aromatic nitrogens is 2. The number of sulfonamides is 1. The van der Waals surface area contributed by atoms with Gasteiger partial charge in [0.2, 0.25) is 15.9 Å². The molecular weight excluding hydrogens is 420 g/mol. The van der Waals surface area contributed by atoms with Gasteiger partial charge < -0.3 is 5.32 Å². The van der Waals surface area contributed by atoms with Crippen LogP contribution in [0.15, 0.2) is 58.9 Å². The van der Waals surface area contributed by atoms with Gasteiger partial charge in [-0.25, -0.2) is 13.4 Å². The van der Waals surface area contributed by atoms with Crippen LogP contribution in [0.25, 0.3) is 11.4 Å². The Bertz CT molecular complexity index is 1130. The number of aryl methyl sites for hydroxylation is 1. The quantitative estimate of drug-likeness (QED) is 0.650. The number of nitrogens with zero attached hydrogens (tertiary/aromatic N) is 3. The molecule has 3 heterocycles. The molecule has 1 aliphatic heterocycles. The van der Waals surface area contributed by atoms with Crippen LogP contribution in [-0.4, -0.2) is 41.2 Å². The van der Waals surface area contributed by atoms with Gasteiger partial charge in [0.25, 0.3) is 0 Å². The van der Waals surface area contributed by atoms with Gasteiger partial charge in [0.15, 0.2) is 5.13 Å². The molecule has 30 heavy (non-hydrogen) atoms. The lowest BCUT2D eigenvalue weighted by Gasteiger charge is -2.33. The summed E-state index contributed by atoms with van der Waals surface area (Å²) in [6, 6.07) is 11.5. The highest BCUT2D eigenvalue weighted by atomic mass is 32.2. The van der Waals surface area contributed by atoms with E-state index in [0.29, 0.717) is 23.8 Å². The second kappa shape index (κ2) is 8.63. The van der Waals surface area contributed by atoms with Crippen molar-refractivity contribution in [3.8, 4) is 11.4 Å². The standard InChI is InChI=1S/C21H22N4O3S2/c1-15-8-10-16(11-9-15)30(27,28)25-13-5-3-7-19(25)20(26)24-21-23-18(14-29-21)17-6-2-4-12-22-17/h2,4,6,8-12,14,19H,3,5,7,13H2,1H3,(H,23,24,26). The summed E-state index contributed by atoms with van der Waals surface area (Å²) >= 11 is 1.29. The molecule has 1 fully saturated rings. The van der Waals surface area contributed by atoms with Gasteiger partial charge in [0.05, 0.1) is 10.6 Å². The van der Waals surface area contributed by atoms with Crippen molar-refractivity contribution in [2.75, 3.05) is 11.9 Å². The average Bonchev–Trinajstić information content (AvgIpc) is 3.23. The molecule has 3 aromatic rings. The fourth-order valence-electron chi connectivity index (χ4n) is 3.45. The summed E-state index contributed by atoms with van der Waals surface area (Å²) in [6.45, 7) is 2.23. The molecule has 1 saturated heterocycles. The summed E-state index contributed by atoms with van der Waals surface area (Å²) in [5.41, 5.74) is 2.37. The van der Waals surface area contributed by atoms with E-state index in [4.69, 9.17) is 0 Å². The highest BCUT2D eigenvalue weighted by molar-refractivity contribution is 7.89. The molecule has 1 amide bonds. The number of thiazole rings is 1. The number of carbonyl (C=O) groups is 1. The van der Waals surface area contributed by atoms with Crippen LogP contribution in [0.1, 0.15) is 24.8 Å². The Morgan fingerprint density at radius 1 is 1.13 bits per heavy atom. The number of rotatable bonds is 5. The van der Waals surface area contributed by atoms with Crippen LogP contribution in [0.2, 0.25) is 0 Å². The topological polar surface area (TPSA) is 92.3 Å². The first-order valence-corrected chi connectivity index (χ1v) is 12.0. The summed E-state index contributed by atoms with van der Waals surface area (Å²) in [5, 5.41) is 5.05. The molecule has 1 unspecified atom stereocenters. The van der Waals surface area contributed by atoms with Gasteiger partial charge >= 0.3 is 0 Å². The summed E-state index contributed by atoms with van der Waals surface area (Å²) < 4.78 is 27.7. The highest BCUT2D eigenvalue weighted by Crippen LogP contribution is 2.28. The first-order valence-electron chi connectivity index (χ1n) is 9.71. The van der Waals surface area contributed by atoms with E-state index >= 15 is 0 Å². The normalized spacial score (nSPS) is 17.6. The Morgan fingerprint density at radius 3 is 2.67 bits per heavy atom. The number of amides is 1. The Kier molecular flexibility index (Phi) is 5.94. The smallest absolute Gasteiger partial charge is 0.244 e. The fraction of sp³-hybridized carbons (Fsp3) is 0.286. The number of pyridine rings is 1. The zero-order valence-electron chi connectivity index (χ0n) is 16.5. The number of piperidine rings is 1. The molecule has 1 N–H and O–H groups in total. The molecule has 4 rings (SSSR count). The second-order valence-electron chi connectivity index (χ2n) is 7.18. The summed E-state index contributed by atoms with van der Waals surface area (Å²) in [5.74, 6) is -0.354. The van der Waals surface area contributed by atoms with E-state index in [-0.39, 0.29) is 10.8 Å². The van der Waals surface area contributed by atoms with Crippen LogP contribution in [0.3, 0.4) is 0 Å². The van der Waals surface area contributed by atoms with Crippen LogP contribution < -0.4 is 5.32 Å². The van der Waals surface area contributed by atoms with E-state index in [9.17, 15) is 13.2 Å². The lowest BCUT2D eigenvalue weighted by atomic mass is 10.0. The van der Waals surface area contributed by atoms with Crippen molar-refractivity contribution in [2.45, 2.75) is 37.1 Å². The lowest BCUT2D eigenvalue weighted by Crippen LogP contribution is -2.49. The first-order chi connectivity index (χ1) is 14.4. The van der Waals surface area contributed by atoms with Crippen molar-refractivity contribution in [2.24, 2.45) is 0 Å². The van der Waals surface area contributed by atoms with Crippen molar-refractivity contribution >= 4 is 32.4 Å². The first kappa shape index (κ1) is 20.6. The minimum Gasteiger partial charge on any atom is -0.301 e. The number of anilines is 1. The fourth-order valence-corrected chi connectivity index (χ4v) is 5.82. The molecule has 0 bridgehead atoms. The second-order valence-corrected chi connectivity index (χ2v) is 9.93. The summed E-state index contributed by atoms with van der Waals surface area (Å²) in [7, 11) is -3.76. The van der Waals surface area contributed by atoms with E-state index in [2.05, 4.69) is 15.3 Å². The average molecular weight is 443 g/mol. The maximum Gasteiger partial charge on any atom is 0.244 e. The van der Waals surface area contributed by atoms with Crippen LogP contribution >= 0.6 is 11.3 Å². The number of carbonyl (C=O) groups excluding carboxylic acids is 1. The van der Waals surface area contributed by atoms with Crippen LogP contribution in [0.5, 0.6) is 0 Å². The monoisotopic (exact) mass is 442 g/mol. The molecule has 9 heteroatoms. The van der Waals surface area contributed by atoms with Crippen LogP contribution in [-0.2, 0) is 14.8 Å². The van der Waals surface area contributed by atoms with Gasteiger partial charge in [-0.1, -0.05) is 30.2 Å². The zero-order chi connectivity index (χ0) is 21.1. The Morgan fingerprint density at radius 2 is 1.93 bits per heavy atom. The third-order valence-electron chi connectivity index (χ3n) is 5.05. The maximum absolute atomic E-state index is 13.2. The van der Waals surface area contributed by atoms with Gasteiger partial charge in [-0.2, -0.15) is 4.31 Å². The van der Waals surface area contributed by atoms with Crippen LogP contribution in [0, 0.1) is 6.92 Å². The van der Waals surface area contributed by atoms with Gasteiger partial charge in [0.1, 0.15) is 11.7 Å². The van der Waals surface area contributed by atoms with Crippen molar-refractivity contribution in [3.05, 3.63) is 59.6 Å². The van der Waals surface area contributed by atoms with E-state index in [1.165, 1.54) is 15.6 Å². The Hall–Kier alpha value is -2.62. The molecule has 1 atom stereocenters. The molecule has 2 aromatic heterocycles. The molecule has 0 saturated carbocycles. The molecular formula is C21H22N4O3S2. The van der Waals surface area contributed by atoms with Gasteiger partial charge in [0, 0.05) is 18.1 Å². The molecule has 7 nitrogen and oxygen atoms in total. The molecule has 1 aromatic carbocycles. The minimum absolute atomic E-state index is 0.208. The largest absolute Gasteiger partial charge is 0.301 e. The van der Waals surface area contributed by atoms with E-state index in [0.717, 1.165) is 24.1 Å². The number of nitrogens with one attached hydrogen (secondary N) is 1. The van der Waals surface area contributed by atoms with Crippen LogP contribution in [0.4, 0.5) is 5.13 Å². The summed E-state index contributed by atoms with van der Waals surface area (Å²) in [6.07, 6.45) is 3.70. The Balaban J connectivity index is 1.53. The van der Waals surface area contributed by atoms with Gasteiger partial charge in [-0.3, -0.25) is 9.78 Å². The van der Waals surface area contributed by atoms with Crippen molar-refractivity contribution in [3.63, 3.8) is 0 Å². The molecule has 0 spiro atoms. The number of hydrogen-bond donors (Lipinski definition) is 1. The third-order valence-corrected chi connectivity index (χ3v) is 7.73. The highest BCUT2D eigenvalue weighted by Gasteiger charge is 2.37. The SMILES string of the molecule is Cc1ccc(S(=O)(=O)N2CCCCC2C(=O)Nc2nc(-c3ccccn3)cs2)cc1. The maximum atomic E-state index is 13.2. The van der Waals surface area contributed by atoms with Gasteiger partial charge in [-0.15, -0.1) is 11.3 Å². The molecule has 1 aliphatic rings. The lowest BCUT2D eigenvalue weighted by molar-refractivity contribution is -0.120. The predicted molar refractivity (Wildman–Crippen MR) is 117 cm³/mol. The van der Waals surface area contributed by atoms with Crippen molar-refractivity contribution in [1.82, 2.24) is 14.3 Å². The van der Waals surface area contributed by atoms with Crippen molar-refractivity contribution in [1.29, 1.82) is 0 Å². The van der Waals surface area contributed by atoms with Crippen molar-refractivity contribution < 1.29 is 13.2 Å². The molecule has 0 radical (unpaired) electrons. The van der Waals surface area contributed by atoms with E-state index in [1.54, 1.807) is 30.5 Å². The van der Waals surface area contributed by atoms with Gasteiger partial charge in [-0.05, 0) is 44.0 Å².